The van der Waals surface area contributed by atoms with Crippen molar-refractivity contribution in [3.05, 3.63) is 28.5 Å². The van der Waals surface area contributed by atoms with E-state index in [-0.39, 0.29) is 0 Å². The predicted octanol–water partition coefficient (Wildman–Crippen LogP) is 3.07. The third-order valence-corrected chi connectivity index (χ3v) is 2.21. The number of amides is 1. The number of alkyl carbamates (subject to hydrolysis) is 1. The average molecular weight is 257 g/mol. The second-order valence-corrected chi connectivity index (χ2v) is 5.18. The van der Waals surface area contributed by atoms with Gasteiger partial charge in [0.15, 0.2) is 0 Å². The van der Waals surface area contributed by atoms with E-state index in [1.54, 1.807) is 12.3 Å². The molecule has 0 aromatic carbocycles. The van der Waals surface area contributed by atoms with Crippen molar-refractivity contribution in [1.29, 1.82) is 0 Å². The number of carbonyl (C=O) groups excluding carboxylic acids is 1. The van der Waals surface area contributed by atoms with Gasteiger partial charge in [-0.15, -0.1) is 0 Å². The van der Waals surface area contributed by atoms with Crippen LogP contribution < -0.4 is 5.32 Å². The third-order valence-electron chi connectivity index (χ3n) is 2.01. The highest BCUT2D eigenvalue weighted by Gasteiger charge is 2.15. The number of hydrogen-bond acceptors (Lipinski definition) is 3. The van der Waals surface area contributed by atoms with Gasteiger partial charge < -0.3 is 10.1 Å². The molecule has 17 heavy (non-hydrogen) atoms. The minimum absolute atomic E-state index is 0.380. The largest absolute Gasteiger partial charge is 0.444 e. The van der Waals surface area contributed by atoms with Crippen molar-refractivity contribution in [2.45, 2.75) is 39.8 Å². The van der Waals surface area contributed by atoms with Crippen molar-refractivity contribution in [1.82, 2.24) is 10.3 Å². The van der Waals surface area contributed by atoms with Crippen molar-refractivity contribution in [2.75, 3.05) is 0 Å². The van der Waals surface area contributed by atoms with Crippen LogP contribution in [0, 0.1) is 6.92 Å². The highest BCUT2D eigenvalue weighted by Crippen LogP contribution is 2.12. The summed E-state index contributed by atoms with van der Waals surface area (Å²) in [5.74, 6) is 0. The van der Waals surface area contributed by atoms with Crippen molar-refractivity contribution in [3.63, 3.8) is 0 Å². The Bertz CT molecular complexity index is 413. The molecule has 0 saturated carbocycles. The third kappa shape index (κ3) is 5.04. The van der Waals surface area contributed by atoms with Crippen LogP contribution in [0.2, 0.25) is 5.15 Å². The Morgan fingerprint density at radius 1 is 1.53 bits per heavy atom. The summed E-state index contributed by atoms with van der Waals surface area (Å²) in [6.07, 6.45) is 1.21. The van der Waals surface area contributed by atoms with Gasteiger partial charge in [0.2, 0.25) is 0 Å². The van der Waals surface area contributed by atoms with Crippen molar-refractivity contribution in [2.24, 2.45) is 0 Å². The zero-order valence-corrected chi connectivity index (χ0v) is 11.3. The first-order valence-corrected chi connectivity index (χ1v) is 5.73. The smallest absolute Gasteiger partial charge is 0.407 e. The lowest BCUT2D eigenvalue weighted by Crippen LogP contribution is -2.32. The van der Waals surface area contributed by atoms with Gasteiger partial charge in [0, 0.05) is 12.7 Å². The van der Waals surface area contributed by atoms with Gasteiger partial charge in [0.25, 0.3) is 0 Å². The van der Waals surface area contributed by atoms with Gasteiger partial charge in [-0.25, -0.2) is 9.78 Å². The van der Waals surface area contributed by atoms with Crippen LogP contribution in [0.3, 0.4) is 0 Å². The number of aryl methyl sites for hydroxylation is 1. The molecule has 0 spiro atoms. The van der Waals surface area contributed by atoms with Crippen molar-refractivity contribution < 1.29 is 9.53 Å². The maximum Gasteiger partial charge on any atom is 0.407 e. The Balaban J connectivity index is 2.53. The van der Waals surface area contributed by atoms with Crippen LogP contribution in [-0.2, 0) is 11.3 Å². The van der Waals surface area contributed by atoms with E-state index < -0.39 is 11.7 Å². The Hall–Kier alpha value is -1.29. The van der Waals surface area contributed by atoms with Crippen LogP contribution in [0.1, 0.15) is 31.9 Å². The summed E-state index contributed by atoms with van der Waals surface area (Å²) in [7, 11) is 0. The molecule has 1 rings (SSSR count). The summed E-state index contributed by atoms with van der Waals surface area (Å²) in [4.78, 5) is 15.4. The molecule has 0 aliphatic carbocycles. The van der Waals surface area contributed by atoms with Crippen molar-refractivity contribution in [3.8, 4) is 0 Å². The Labute approximate surface area is 106 Å². The number of rotatable bonds is 2. The summed E-state index contributed by atoms with van der Waals surface area (Å²) in [5.41, 5.74) is 1.42. The highest BCUT2D eigenvalue weighted by atomic mass is 35.5. The van der Waals surface area contributed by atoms with Crippen LogP contribution in [0.4, 0.5) is 4.79 Å². The fourth-order valence-corrected chi connectivity index (χ4v) is 1.43. The molecule has 1 N–H and O–H groups in total. The van der Waals surface area contributed by atoms with E-state index in [1.807, 2.05) is 27.7 Å². The van der Waals surface area contributed by atoms with E-state index in [9.17, 15) is 4.79 Å². The zero-order chi connectivity index (χ0) is 13.1. The van der Waals surface area contributed by atoms with Crippen LogP contribution in [-0.4, -0.2) is 16.7 Å². The summed E-state index contributed by atoms with van der Waals surface area (Å²) in [6, 6.07) is 1.76. The number of aromatic nitrogens is 1. The molecule has 0 radical (unpaired) electrons. The Morgan fingerprint density at radius 2 is 2.18 bits per heavy atom. The summed E-state index contributed by atoms with van der Waals surface area (Å²) >= 11 is 5.74. The van der Waals surface area contributed by atoms with Crippen LogP contribution in [0.25, 0.3) is 0 Å². The van der Waals surface area contributed by atoms with Gasteiger partial charge >= 0.3 is 6.09 Å². The molecule has 5 heteroatoms. The van der Waals surface area contributed by atoms with Crippen LogP contribution in [0.15, 0.2) is 12.3 Å². The SMILES string of the molecule is Cc1cc(Cl)ncc1CNC(=O)OC(C)(C)C. The summed E-state index contributed by atoms with van der Waals surface area (Å²) in [5, 5.41) is 3.12. The summed E-state index contributed by atoms with van der Waals surface area (Å²) < 4.78 is 5.13. The van der Waals surface area contributed by atoms with Gasteiger partial charge in [-0.2, -0.15) is 0 Å². The van der Waals surface area contributed by atoms with Crippen LogP contribution in [0.5, 0.6) is 0 Å². The van der Waals surface area contributed by atoms with Gasteiger partial charge in [0.1, 0.15) is 10.8 Å². The maximum absolute atomic E-state index is 11.4. The molecular formula is C12H17ClN2O2. The molecule has 1 aromatic heterocycles. The highest BCUT2D eigenvalue weighted by molar-refractivity contribution is 6.29. The van der Waals surface area contributed by atoms with Gasteiger partial charge in [-0.05, 0) is 44.9 Å². The van der Waals surface area contributed by atoms with E-state index in [2.05, 4.69) is 10.3 Å². The number of hydrogen-bond donors (Lipinski definition) is 1. The molecule has 0 atom stereocenters. The lowest BCUT2D eigenvalue weighted by molar-refractivity contribution is 0.0523. The molecule has 94 valence electrons. The Morgan fingerprint density at radius 3 is 2.71 bits per heavy atom. The maximum atomic E-state index is 11.4. The number of pyridine rings is 1. The molecule has 1 amide bonds. The Kier molecular flexibility index (Phi) is 4.34. The number of ether oxygens (including phenoxy) is 1. The minimum Gasteiger partial charge on any atom is -0.444 e. The number of halogens is 1. The molecule has 0 fully saturated rings. The quantitative estimate of drug-likeness (QED) is 0.828. The molecular weight excluding hydrogens is 240 g/mol. The fourth-order valence-electron chi connectivity index (χ4n) is 1.22. The average Bonchev–Trinajstić information content (AvgIpc) is 2.13. The molecule has 0 aliphatic rings. The first kappa shape index (κ1) is 13.8. The normalized spacial score (nSPS) is 11.1. The number of nitrogens with zero attached hydrogens (tertiary/aromatic N) is 1. The number of carbonyl (C=O) groups is 1. The first-order valence-electron chi connectivity index (χ1n) is 5.36. The number of nitrogens with one attached hydrogen (secondary N) is 1. The van der Waals surface area contributed by atoms with E-state index in [4.69, 9.17) is 16.3 Å². The fraction of sp³-hybridized carbons (Fsp3) is 0.500. The molecule has 0 saturated heterocycles. The lowest BCUT2D eigenvalue weighted by Gasteiger charge is -2.19. The molecule has 1 aromatic rings. The lowest BCUT2D eigenvalue weighted by atomic mass is 10.1. The van der Waals surface area contributed by atoms with E-state index >= 15 is 0 Å². The molecule has 4 nitrogen and oxygen atoms in total. The monoisotopic (exact) mass is 256 g/mol. The molecule has 0 bridgehead atoms. The predicted molar refractivity (Wildman–Crippen MR) is 67.1 cm³/mol. The molecule has 0 unspecified atom stereocenters. The van der Waals surface area contributed by atoms with E-state index in [0.29, 0.717) is 11.7 Å². The van der Waals surface area contributed by atoms with E-state index in [0.717, 1.165) is 11.1 Å². The van der Waals surface area contributed by atoms with E-state index in [1.165, 1.54) is 0 Å². The van der Waals surface area contributed by atoms with Crippen LogP contribution >= 0.6 is 11.6 Å². The molecule has 1 heterocycles. The second-order valence-electron chi connectivity index (χ2n) is 4.79. The van der Waals surface area contributed by atoms with Gasteiger partial charge in [0.05, 0.1) is 0 Å². The van der Waals surface area contributed by atoms with Gasteiger partial charge in [-0.1, -0.05) is 11.6 Å². The van der Waals surface area contributed by atoms with Crippen molar-refractivity contribution >= 4 is 17.7 Å². The minimum atomic E-state index is -0.489. The molecule has 0 aliphatic heterocycles. The first-order chi connectivity index (χ1) is 7.78. The second kappa shape index (κ2) is 5.36. The van der Waals surface area contributed by atoms with Gasteiger partial charge in [-0.3, -0.25) is 0 Å². The summed E-state index contributed by atoms with van der Waals surface area (Å²) in [6.45, 7) is 7.76. The standard InChI is InChI=1S/C12H17ClN2O2/c1-8-5-10(13)14-6-9(8)7-15-11(16)17-12(2,3)4/h5-6H,7H2,1-4H3,(H,15,16). The topological polar surface area (TPSA) is 51.2 Å². The zero-order valence-electron chi connectivity index (χ0n) is 10.5.